The summed E-state index contributed by atoms with van der Waals surface area (Å²) in [6.45, 7) is -0.0943. The number of esters is 1. The van der Waals surface area contributed by atoms with Gasteiger partial charge in [0.1, 0.15) is 12.6 Å². The summed E-state index contributed by atoms with van der Waals surface area (Å²) in [6, 6.07) is 16.2. The first-order chi connectivity index (χ1) is 13.5. The minimum absolute atomic E-state index is 0. The lowest BCUT2D eigenvalue weighted by Crippen LogP contribution is -2.44. The normalized spacial score (nSPS) is 13.5. The van der Waals surface area contributed by atoms with Crippen molar-refractivity contribution in [1.82, 2.24) is 5.32 Å². The molecule has 0 bridgehead atoms. The van der Waals surface area contributed by atoms with Crippen LogP contribution in [-0.2, 0) is 20.9 Å². The van der Waals surface area contributed by atoms with Gasteiger partial charge < -0.3 is 26.6 Å². The zero-order valence-corrected chi connectivity index (χ0v) is 16.9. The number of benzene rings is 2. The fourth-order valence-corrected chi connectivity index (χ4v) is 2.64. The van der Waals surface area contributed by atoms with Crippen molar-refractivity contribution in [3.63, 3.8) is 0 Å². The highest BCUT2D eigenvalue weighted by atomic mass is 35.5. The number of hydrogen-bond donors (Lipinski definition) is 4. The zero-order valence-electron chi connectivity index (χ0n) is 16.1. The Labute approximate surface area is 176 Å². The van der Waals surface area contributed by atoms with Gasteiger partial charge in [0.25, 0.3) is 0 Å². The topological polar surface area (TPSA) is 128 Å². The van der Waals surface area contributed by atoms with Crippen LogP contribution < -0.4 is 16.8 Å². The molecule has 0 aliphatic heterocycles. The molecule has 2 unspecified atom stereocenters. The van der Waals surface area contributed by atoms with Crippen LogP contribution in [0.3, 0.4) is 0 Å². The van der Waals surface area contributed by atoms with Crippen molar-refractivity contribution in [1.29, 1.82) is 0 Å². The van der Waals surface area contributed by atoms with Gasteiger partial charge in [-0.1, -0.05) is 60.7 Å². The Hall–Kier alpha value is -2.45. The van der Waals surface area contributed by atoms with Crippen molar-refractivity contribution >= 4 is 24.3 Å². The maximum absolute atomic E-state index is 12.3. The van der Waals surface area contributed by atoms with Crippen LogP contribution in [-0.4, -0.2) is 35.7 Å². The standard InChI is InChI=1S/C21H27N3O4.ClH/c22-17(20(26)24-19(13-25)16-9-5-2-6-10-16)11-12-18(23)21(27)28-14-15-7-3-1-4-8-15;/h1-10,17-19,25H,11-14,22-23H2,(H,24,26);1H/t17-,18?,19?;/m1./s1. The summed E-state index contributed by atoms with van der Waals surface area (Å²) in [7, 11) is 0. The number of halogens is 1. The van der Waals surface area contributed by atoms with Crippen LogP contribution in [0.25, 0.3) is 0 Å². The van der Waals surface area contributed by atoms with Crippen LogP contribution in [0, 0.1) is 0 Å². The van der Waals surface area contributed by atoms with E-state index in [1.165, 1.54) is 0 Å². The average molecular weight is 422 g/mol. The van der Waals surface area contributed by atoms with Crippen LogP contribution >= 0.6 is 12.4 Å². The Kier molecular flexibility index (Phi) is 10.9. The van der Waals surface area contributed by atoms with Crippen LogP contribution in [0.1, 0.15) is 30.0 Å². The molecule has 29 heavy (non-hydrogen) atoms. The molecular weight excluding hydrogens is 394 g/mol. The Morgan fingerprint density at radius 2 is 1.48 bits per heavy atom. The predicted molar refractivity (Wildman–Crippen MR) is 113 cm³/mol. The van der Waals surface area contributed by atoms with Crippen molar-refractivity contribution in [3.8, 4) is 0 Å². The van der Waals surface area contributed by atoms with Crippen molar-refractivity contribution in [2.24, 2.45) is 11.5 Å². The second-order valence-corrected chi connectivity index (χ2v) is 6.54. The maximum atomic E-state index is 12.3. The third kappa shape index (κ3) is 8.21. The number of rotatable bonds is 10. The number of nitrogens with two attached hydrogens (primary N) is 2. The molecule has 1 amide bonds. The van der Waals surface area contributed by atoms with Gasteiger partial charge in [-0.3, -0.25) is 9.59 Å². The van der Waals surface area contributed by atoms with Gasteiger partial charge in [-0.15, -0.1) is 12.4 Å². The monoisotopic (exact) mass is 421 g/mol. The van der Waals surface area contributed by atoms with Gasteiger partial charge in [0.05, 0.1) is 18.7 Å². The molecule has 2 aromatic carbocycles. The smallest absolute Gasteiger partial charge is 0.323 e. The third-order valence-electron chi connectivity index (χ3n) is 4.35. The molecule has 0 radical (unpaired) electrons. The Morgan fingerprint density at radius 3 is 2.07 bits per heavy atom. The highest BCUT2D eigenvalue weighted by Crippen LogP contribution is 2.12. The van der Waals surface area contributed by atoms with Gasteiger partial charge in [-0.05, 0) is 24.0 Å². The Morgan fingerprint density at radius 1 is 0.931 bits per heavy atom. The van der Waals surface area contributed by atoms with Gasteiger partial charge in [0.2, 0.25) is 5.91 Å². The summed E-state index contributed by atoms with van der Waals surface area (Å²) < 4.78 is 5.18. The second kappa shape index (κ2) is 12.9. The van der Waals surface area contributed by atoms with Crippen molar-refractivity contribution in [2.45, 2.75) is 37.6 Å². The molecule has 158 valence electrons. The molecule has 8 heteroatoms. The minimum Gasteiger partial charge on any atom is -0.460 e. The van der Waals surface area contributed by atoms with E-state index in [2.05, 4.69) is 5.32 Å². The van der Waals surface area contributed by atoms with Crippen LogP contribution in [0.5, 0.6) is 0 Å². The lowest BCUT2D eigenvalue weighted by atomic mass is 10.0. The molecule has 6 N–H and O–H groups in total. The number of ether oxygens (including phenoxy) is 1. The molecule has 7 nitrogen and oxygen atoms in total. The lowest BCUT2D eigenvalue weighted by molar-refractivity contribution is -0.146. The number of carbonyl (C=O) groups excluding carboxylic acids is 2. The first-order valence-electron chi connectivity index (χ1n) is 9.19. The van der Waals surface area contributed by atoms with Crippen LogP contribution in [0.15, 0.2) is 60.7 Å². The predicted octanol–water partition coefficient (Wildman–Crippen LogP) is 1.44. The van der Waals surface area contributed by atoms with Gasteiger partial charge in [-0.2, -0.15) is 0 Å². The van der Waals surface area contributed by atoms with E-state index in [-0.39, 0.29) is 38.5 Å². The highest BCUT2D eigenvalue weighted by Gasteiger charge is 2.22. The minimum atomic E-state index is -0.856. The van der Waals surface area contributed by atoms with Crippen LogP contribution in [0.2, 0.25) is 0 Å². The van der Waals surface area contributed by atoms with E-state index in [0.717, 1.165) is 11.1 Å². The molecule has 0 spiro atoms. The van der Waals surface area contributed by atoms with Gasteiger partial charge in [0, 0.05) is 0 Å². The summed E-state index contributed by atoms with van der Waals surface area (Å²) in [4.78, 5) is 24.3. The first kappa shape index (κ1) is 24.6. The van der Waals surface area contributed by atoms with E-state index >= 15 is 0 Å². The first-order valence-corrected chi connectivity index (χ1v) is 9.19. The van der Waals surface area contributed by atoms with Crippen molar-refractivity contribution < 1.29 is 19.4 Å². The van der Waals surface area contributed by atoms with Crippen LogP contribution in [0.4, 0.5) is 0 Å². The summed E-state index contributed by atoms with van der Waals surface area (Å²) in [5, 5.41) is 12.2. The fourth-order valence-electron chi connectivity index (χ4n) is 2.64. The molecule has 0 saturated heterocycles. The van der Waals surface area contributed by atoms with Gasteiger partial charge in [-0.25, -0.2) is 0 Å². The lowest BCUT2D eigenvalue weighted by Gasteiger charge is -2.20. The molecule has 0 fully saturated rings. The Balaban J connectivity index is 0.00000420. The number of nitrogens with one attached hydrogen (secondary N) is 1. The van der Waals surface area contributed by atoms with Crippen molar-refractivity contribution in [3.05, 3.63) is 71.8 Å². The van der Waals surface area contributed by atoms with E-state index in [1.54, 1.807) is 0 Å². The number of hydrogen-bond acceptors (Lipinski definition) is 6. The number of amides is 1. The number of aliphatic hydroxyl groups excluding tert-OH is 1. The fraction of sp³-hybridized carbons (Fsp3) is 0.333. The maximum Gasteiger partial charge on any atom is 0.323 e. The quantitative estimate of drug-likeness (QED) is 0.430. The van der Waals surface area contributed by atoms with Gasteiger partial charge in [0.15, 0.2) is 0 Å². The summed E-state index contributed by atoms with van der Waals surface area (Å²) in [5.74, 6) is -0.943. The average Bonchev–Trinajstić information content (AvgIpc) is 2.74. The van der Waals surface area contributed by atoms with E-state index in [9.17, 15) is 14.7 Å². The van der Waals surface area contributed by atoms with Gasteiger partial charge >= 0.3 is 5.97 Å². The largest absolute Gasteiger partial charge is 0.460 e. The van der Waals surface area contributed by atoms with E-state index in [1.807, 2.05) is 60.7 Å². The molecule has 0 saturated carbocycles. The highest BCUT2D eigenvalue weighted by molar-refractivity contribution is 5.85. The molecular formula is C21H28ClN3O4. The third-order valence-corrected chi connectivity index (χ3v) is 4.35. The Bertz CT molecular complexity index is 746. The molecule has 2 rings (SSSR count). The zero-order chi connectivity index (χ0) is 20.4. The van der Waals surface area contributed by atoms with E-state index in [4.69, 9.17) is 16.2 Å². The van der Waals surface area contributed by atoms with E-state index < -0.39 is 30.0 Å². The molecule has 3 atom stereocenters. The summed E-state index contributed by atoms with van der Waals surface area (Å²) >= 11 is 0. The second-order valence-electron chi connectivity index (χ2n) is 6.54. The molecule has 0 aliphatic rings. The summed E-state index contributed by atoms with van der Waals surface area (Å²) in [5.41, 5.74) is 13.4. The molecule has 0 aromatic heterocycles. The SMILES string of the molecule is Cl.NC(CC[C@@H](N)C(=O)NC(CO)c1ccccc1)C(=O)OCc1ccccc1. The molecule has 0 heterocycles. The number of carbonyl (C=O) groups is 2. The van der Waals surface area contributed by atoms with E-state index in [0.29, 0.717) is 0 Å². The number of aliphatic hydroxyl groups is 1. The molecule has 2 aromatic rings. The van der Waals surface area contributed by atoms with Crippen molar-refractivity contribution in [2.75, 3.05) is 6.61 Å². The molecule has 0 aliphatic carbocycles. The summed E-state index contributed by atoms with van der Waals surface area (Å²) in [6.07, 6.45) is 0.442.